The number of ether oxygens (including phenoxy) is 1. The maximum absolute atomic E-state index is 13.5. The molecule has 2 aromatic rings. The lowest BCUT2D eigenvalue weighted by atomic mass is 9.99. The smallest absolute Gasteiger partial charge is 0.259 e. The molecule has 3 atom stereocenters. The summed E-state index contributed by atoms with van der Waals surface area (Å²) in [6.45, 7) is 4.71. The second kappa shape index (κ2) is 12.0. The Bertz CT molecular complexity index is 1040. The summed E-state index contributed by atoms with van der Waals surface area (Å²) in [4.78, 5) is 35.7. The summed E-state index contributed by atoms with van der Waals surface area (Å²) in [6, 6.07) is 11.3. The van der Waals surface area contributed by atoms with Crippen LogP contribution in [0.1, 0.15) is 35.3 Å². The molecular weight excluding hydrogens is 444 g/mol. The van der Waals surface area contributed by atoms with Crippen molar-refractivity contribution in [2.75, 3.05) is 47.4 Å². The zero-order chi connectivity index (χ0) is 25.5. The fraction of sp³-hybridized carbons (Fsp3) is 0.444. The van der Waals surface area contributed by atoms with Crippen molar-refractivity contribution in [1.29, 1.82) is 0 Å². The van der Waals surface area contributed by atoms with Crippen LogP contribution in [0.3, 0.4) is 0 Å². The fourth-order valence-electron chi connectivity index (χ4n) is 3.95. The number of nitrogens with zero attached hydrogens (tertiary/aromatic N) is 4. The van der Waals surface area contributed by atoms with Crippen LogP contribution in [0.15, 0.2) is 42.6 Å². The molecule has 0 spiro atoms. The highest BCUT2D eigenvalue weighted by molar-refractivity contribution is 5.97. The Hall–Kier alpha value is -3.23. The summed E-state index contributed by atoms with van der Waals surface area (Å²) < 4.78 is 6.27. The van der Waals surface area contributed by atoms with E-state index in [0.29, 0.717) is 25.2 Å². The van der Waals surface area contributed by atoms with Crippen molar-refractivity contribution >= 4 is 24.0 Å². The van der Waals surface area contributed by atoms with E-state index in [1.165, 1.54) is 0 Å². The molecule has 0 radical (unpaired) electrons. The van der Waals surface area contributed by atoms with Gasteiger partial charge in [-0.05, 0) is 38.2 Å². The maximum atomic E-state index is 13.5. The number of rotatable bonds is 8. The topological polar surface area (TPSA) is 86.2 Å². The van der Waals surface area contributed by atoms with Crippen LogP contribution in [0.2, 0.25) is 0 Å². The van der Waals surface area contributed by atoms with Crippen molar-refractivity contribution in [1.82, 2.24) is 19.7 Å². The minimum atomic E-state index is -0.371. The van der Waals surface area contributed by atoms with Gasteiger partial charge in [-0.1, -0.05) is 49.4 Å². The van der Waals surface area contributed by atoms with E-state index in [1.807, 2.05) is 75.3 Å². The first-order valence-corrected chi connectivity index (χ1v) is 11.9. The zero-order valence-electron chi connectivity index (χ0n) is 21.2. The number of aliphatic hydroxyl groups excluding tert-OH is 1. The van der Waals surface area contributed by atoms with Gasteiger partial charge in [-0.2, -0.15) is 0 Å². The number of aliphatic hydroxyl groups is 1. The van der Waals surface area contributed by atoms with Gasteiger partial charge in [0.2, 0.25) is 11.8 Å². The predicted molar refractivity (Wildman–Crippen MR) is 137 cm³/mol. The van der Waals surface area contributed by atoms with Crippen LogP contribution >= 0.6 is 0 Å². The zero-order valence-corrected chi connectivity index (χ0v) is 21.2. The Morgan fingerprint density at radius 2 is 1.91 bits per heavy atom. The average Bonchev–Trinajstić information content (AvgIpc) is 2.84. The molecule has 0 saturated carbocycles. The third kappa shape index (κ3) is 6.90. The molecule has 35 heavy (non-hydrogen) atoms. The molecule has 0 fully saturated rings. The van der Waals surface area contributed by atoms with Crippen molar-refractivity contribution in [3.8, 4) is 5.88 Å². The van der Waals surface area contributed by atoms with Gasteiger partial charge >= 0.3 is 0 Å². The molecular formula is C27H36N4O4. The monoisotopic (exact) mass is 480 g/mol. The molecule has 3 rings (SSSR count). The highest BCUT2D eigenvalue weighted by atomic mass is 16.5. The van der Waals surface area contributed by atoms with Gasteiger partial charge in [0.25, 0.3) is 5.91 Å². The van der Waals surface area contributed by atoms with Crippen molar-refractivity contribution in [3.63, 3.8) is 0 Å². The number of carbonyl (C=O) groups excluding carboxylic acids is 2. The van der Waals surface area contributed by atoms with Crippen LogP contribution in [-0.4, -0.2) is 96.1 Å². The first kappa shape index (κ1) is 26.4. The molecule has 8 nitrogen and oxygen atoms in total. The molecule has 1 aliphatic heterocycles. The molecule has 2 heterocycles. The van der Waals surface area contributed by atoms with Gasteiger partial charge in [-0.15, -0.1) is 0 Å². The summed E-state index contributed by atoms with van der Waals surface area (Å²) in [5.41, 5.74) is 2.15. The quantitative estimate of drug-likeness (QED) is 0.625. The molecule has 0 aliphatic carbocycles. The first-order valence-electron chi connectivity index (χ1n) is 11.9. The van der Waals surface area contributed by atoms with Gasteiger partial charge in [-0.25, -0.2) is 4.98 Å². The fourth-order valence-corrected chi connectivity index (χ4v) is 3.95. The Balaban J connectivity index is 1.93. The first-order chi connectivity index (χ1) is 16.7. The number of aromatic nitrogens is 1. The number of hydrogen-bond donors (Lipinski definition) is 1. The van der Waals surface area contributed by atoms with Crippen LogP contribution in [0, 0.1) is 5.92 Å². The molecule has 0 unspecified atom stereocenters. The molecule has 1 aromatic heterocycles. The molecule has 1 aromatic carbocycles. The SMILES string of the molecule is C[C@@H]1CN([C@H](C)CO)C(=O)c2cc(/C=C/c3ccccc3)cnc2O[C@@H]1CN(C)C(=O)CN(C)C. The summed E-state index contributed by atoms with van der Waals surface area (Å²) in [6.07, 6.45) is 5.17. The number of benzene rings is 1. The van der Waals surface area contributed by atoms with Crippen LogP contribution in [0.25, 0.3) is 12.2 Å². The largest absolute Gasteiger partial charge is 0.472 e. The summed E-state index contributed by atoms with van der Waals surface area (Å²) in [5, 5.41) is 9.82. The summed E-state index contributed by atoms with van der Waals surface area (Å²) >= 11 is 0. The van der Waals surface area contributed by atoms with Crippen molar-refractivity contribution in [3.05, 3.63) is 59.3 Å². The van der Waals surface area contributed by atoms with Crippen molar-refractivity contribution in [2.45, 2.75) is 26.0 Å². The summed E-state index contributed by atoms with van der Waals surface area (Å²) in [7, 11) is 5.46. The number of fused-ring (bicyclic) bond motifs is 1. The maximum Gasteiger partial charge on any atom is 0.259 e. The van der Waals surface area contributed by atoms with Crippen LogP contribution in [0.5, 0.6) is 5.88 Å². The Labute approximate surface area is 207 Å². The third-order valence-electron chi connectivity index (χ3n) is 6.14. The van der Waals surface area contributed by atoms with Gasteiger partial charge in [0, 0.05) is 25.7 Å². The van der Waals surface area contributed by atoms with Gasteiger partial charge in [0.15, 0.2) is 0 Å². The minimum Gasteiger partial charge on any atom is -0.472 e. The van der Waals surface area contributed by atoms with E-state index < -0.39 is 0 Å². The molecule has 188 valence electrons. The van der Waals surface area contributed by atoms with Crippen LogP contribution < -0.4 is 4.74 Å². The second-order valence-corrected chi connectivity index (χ2v) is 9.50. The van der Waals surface area contributed by atoms with E-state index in [4.69, 9.17) is 4.74 Å². The molecule has 1 aliphatic rings. The molecule has 1 N–H and O–H groups in total. The lowest BCUT2D eigenvalue weighted by Crippen LogP contribution is -2.51. The number of amides is 2. The van der Waals surface area contributed by atoms with Gasteiger partial charge in [-0.3, -0.25) is 9.59 Å². The van der Waals surface area contributed by atoms with Gasteiger partial charge < -0.3 is 24.5 Å². The standard InChI is InChI=1S/C27H36N4O4/c1-19-15-31(20(2)18-32)27(34)23-13-22(12-11-21-9-7-6-8-10-21)14-28-26(23)35-24(19)16-30(5)25(33)17-29(3)4/h6-14,19-20,24,32H,15-18H2,1-5H3/b12-11+/t19-,20-,24-/m1/s1. The Morgan fingerprint density at radius 3 is 2.57 bits per heavy atom. The highest BCUT2D eigenvalue weighted by Crippen LogP contribution is 2.28. The van der Waals surface area contributed by atoms with E-state index in [9.17, 15) is 14.7 Å². The highest BCUT2D eigenvalue weighted by Gasteiger charge is 2.34. The van der Waals surface area contributed by atoms with Crippen molar-refractivity contribution in [2.24, 2.45) is 5.92 Å². The van der Waals surface area contributed by atoms with E-state index in [0.717, 1.165) is 11.1 Å². The number of likely N-dealkylation sites (N-methyl/N-ethyl adjacent to an activating group) is 2. The minimum absolute atomic E-state index is 0.0147. The Kier molecular flexibility index (Phi) is 9.01. The van der Waals surface area contributed by atoms with Crippen molar-refractivity contribution < 1.29 is 19.4 Å². The normalized spacial score (nSPS) is 19.2. The van der Waals surface area contributed by atoms with E-state index in [1.54, 1.807) is 29.1 Å². The molecule has 8 heteroatoms. The molecule has 0 saturated heterocycles. The second-order valence-electron chi connectivity index (χ2n) is 9.50. The van der Waals surface area contributed by atoms with E-state index in [2.05, 4.69) is 4.98 Å². The average molecular weight is 481 g/mol. The Morgan fingerprint density at radius 1 is 1.23 bits per heavy atom. The lowest BCUT2D eigenvalue weighted by molar-refractivity contribution is -0.132. The van der Waals surface area contributed by atoms with Crippen LogP contribution in [0.4, 0.5) is 0 Å². The number of pyridine rings is 1. The number of carbonyl (C=O) groups is 2. The van der Waals surface area contributed by atoms with Crippen LogP contribution in [-0.2, 0) is 4.79 Å². The summed E-state index contributed by atoms with van der Waals surface area (Å²) in [5.74, 6) is -0.0902. The molecule has 0 bridgehead atoms. The lowest BCUT2D eigenvalue weighted by Gasteiger charge is -2.37. The van der Waals surface area contributed by atoms with E-state index in [-0.39, 0.29) is 42.4 Å². The predicted octanol–water partition coefficient (Wildman–Crippen LogP) is 2.49. The van der Waals surface area contributed by atoms with Gasteiger partial charge in [0.1, 0.15) is 11.7 Å². The third-order valence-corrected chi connectivity index (χ3v) is 6.14. The molecule has 2 amide bonds. The van der Waals surface area contributed by atoms with E-state index >= 15 is 0 Å². The van der Waals surface area contributed by atoms with Gasteiger partial charge in [0.05, 0.1) is 25.7 Å². The number of hydrogen-bond acceptors (Lipinski definition) is 6.